The zero-order chi connectivity index (χ0) is 12.7. The fourth-order valence-electron chi connectivity index (χ4n) is 1.12. The smallest absolute Gasteiger partial charge is 0.185 e. The highest BCUT2D eigenvalue weighted by Gasteiger charge is 2.04. The van der Waals surface area contributed by atoms with Gasteiger partial charge < -0.3 is 0 Å². The fourth-order valence-corrected chi connectivity index (χ4v) is 1.61. The third-order valence-corrected chi connectivity index (χ3v) is 2.69. The zero-order valence-corrected chi connectivity index (χ0v) is 10.1. The second kappa shape index (κ2) is 6.73. The average molecular weight is 247 g/mol. The van der Waals surface area contributed by atoms with Crippen LogP contribution in [0, 0.1) is 29.0 Å². The third kappa shape index (κ3) is 4.30. The minimum absolute atomic E-state index is 0.00471. The van der Waals surface area contributed by atoms with E-state index in [1.807, 2.05) is 0 Å². The number of carbonyl (C=O) groups excluding carboxylic acids is 1. The molecule has 0 unspecified atom stereocenters. The quantitative estimate of drug-likeness (QED) is 0.596. The van der Waals surface area contributed by atoms with Crippen molar-refractivity contribution >= 4 is 16.9 Å². The molecule has 0 radical (unpaired) electrons. The molecule has 0 aliphatic rings. The standard InChI is InChI=1S/C13H10FNOS/c1-10(16)17-8-3-2-5-11-6-4-7-12(9-15)13(11)14/h4,6-7H,3,8H2,1H3. The lowest BCUT2D eigenvalue weighted by atomic mass is 10.1. The van der Waals surface area contributed by atoms with Crippen LogP contribution in [0.3, 0.4) is 0 Å². The van der Waals surface area contributed by atoms with Crippen LogP contribution in [-0.4, -0.2) is 10.9 Å². The lowest BCUT2D eigenvalue weighted by Gasteiger charge is -1.95. The van der Waals surface area contributed by atoms with E-state index in [2.05, 4.69) is 11.8 Å². The summed E-state index contributed by atoms with van der Waals surface area (Å²) in [6.45, 7) is 1.49. The third-order valence-electron chi connectivity index (χ3n) is 1.87. The Bertz CT molecular complexity index is 522. The molecule has 17 heavy (non-hydrogen) atoms. The summed E-state index contributed by atoms with van der Waals surface area (Å²) in [5, 5.41) is 8.68. The molecule has 2 nitrogen and oxygen atoms in total. The maximum Gasteiger partial charge on any atom is 0.185 e. The van der Waals surface area contributed by atoms with Crippen molar-refractivity contribution in [3.63, 3.8) is 0 Å². The first-order chi connectivity index (χ1) is 8.15. The molecule has 0 amide bonds. The van der Waals surface area contributed by atoms with E-state index in [9.17, 15) is 9.18 Å². The van der Waals surface area contributed by atoms with E-state index in [0.29, 0.717) is 12.2 Å². The highest BCUT2D eigenvalue weighted by molar-refractivity contribution is 8.13. The van der Waals surface area contributed by atoms with Crippen LogP contribution in [0.25, 0.3) is 0 Å². The second-order valence-corrected chi connectivity index (χ2v) is 4.44. The number of nitriles is 1. The Labute approximate surface area is 104 Å². The molecule has 4 heteroatoms. The van der Waals surface area contributed by atoms with Crippen LogP contribution < -0.4 is 0 Å². The zero-order valence-electron chi connectivity index (χ0n) is 9.29. The van der Waals surface area contributed by atoms with Crippen LogP contribution in [0.5, 0.6) is 0 Å². The normalized spacial score (nSPS) is 9.00. The molecule has 1 rings (SSSR count). The Morgan fingerprint density at radius 3 is 2.82 bits per heavy atom. The minimum Gasteiger partial charge on any atom is -0.288 e. The van der Waals surface area contributed by atoms with Gasteiger partial charge in [0.15, 0.2) is 10.9 Å². The Morgan fingerprint density at radius 1 is 1.47 bits per heavy atom. The lowest BCUT2D eigenvalue weighted by molar-refractivity contribution is -0.109. The summed E-state index contributed by atoms with van der Waals surface area (Å²) in [5.74, 6) is 5.45. The van der Waals surface area contributed by atoms with Gasteiger partial charge in [-0.15, -0.1) is 0 Å². The predicted molar refractivity (Wildman–Crippen MR) is 65.7 cm³/mol. The van der Waals surface area contributed by atoms with Crippen molar-refractivity contribution in [3.8, 4) is 17.9 Å². The summed E-state index contributed by atoms with van der Waals surface area (Å²) in [6.07, 6.45) is 0.514. The number of rotatable bonds is 2. The summed E-state index contributed by atoms with van der Waals surface area (Å²) >= 11 is 1.19. The Hall–Kier alpha value is -1.78. The van der Waals surface area contributed by atoms with Crippen molar-refractivity contribution in [2.75, 3.05) is 5.75 Å². The van der Waals surface area contributed by atoms with Gasteiger partial charge in [0.05, 0.1) is 11.1 Å². The van der Waals surface area contributed by atoms with E-state index >= 15 is 0 Å². The Balaban J connectivity index is 2.67. The SMILES string of the molecule is CC(=O)SCCC#Cc1cccc(C#N)c1F. The van der Waals surface area contributed by atoms with Crippen LogP contribution in [0.15, 0.2) is 18.2 Å². The van der Waals surface area contributed by atoms with E-state index < -0.39 is 5.82 Å². The number of hydrogen-bond acceptors (Lipinski definition) is 3. The van der Waals surface area contributed by atoms with E-state index in [1.54, 1.807) is 12.1 Å². The monoisotopic (exact) mass is 247 g/mol. The van der Waals surface area contributed by atoms with Crippen molar-refractivity contribution < 1.29 is 9.18 Å². The average Bonchev–Trinajstić information content (AvgIpc) is 2.30. The van der Waals surface area contributed by atoms with Gasteiger partial charge in [-0.05, 0) is 12.1 Å². The number of nitrogens with zero attached hydrogens (tertiary/aromatic N) is 1. The Morgan fingerprint density at radius 2 is 2.18 bits per heavy atom. The maximum absolute atomic E-state index is 13.5. The van der Waals surface area contributed by atoms with Gasteiger partial charge in [0.25, 0.3) is 0 Å². The molecule has 0 aliphatic carbocycles. The fraction of sp³-hybridized carbons (Fsp3) is 0.231. The number of thioether (sulfide) groups is 1. The van der Waals surface area contributed by atoms with Crippen molar-refractivity contribution in [2.45, 2.75) is 13.3 Å². The van der Waals surface area contributed by atoms with Crippen LogP contribution in [0.2, 0.25) is 0 Å². The van der Waals surface area contributed by atoms with Gasteiger partial charge in [-0.2, -0.15) is 5.26 Å². The summed E-state index contributed by atoms with van der Waals surface area (Å²) in [4.78, 5) is 10.6. The molecule has 0 aliphatic heterocycles. The molecule has 0 saturated heterocycles. The molecule has 0 atom stereocenters. The molecule has 1 aromatic carbocycles. The number of halogens is 1. The van der Waals surface area contributed by atoms with Crippen LogP contribution in [0.1, 0.15) is 24.5 Å². The van der Waals surface area contributed by atoms with Crippen molar-refractivity contribution in [1.29, 1.82) is 5.26 Å². The molecule has 0 N–H and O–H groups in total. The van der Waals surface area contributed by atoms with Gasteiger partial charge in [-0.3, -0.25) is 4.79 Å². The lowest BCUT2D eigenvalue weighted by Crippen LogP contribution is -1.89. The largest absolute Gasteiger partial charge is 0.288 e. The number of hydrogen-bond donors (Lipinski definition) is 0. The molecule has 1 aromatic rings. The molecular weight excluding hydrogens is 237 g/mol. The van der Waals surface area contributed by atoms with E-state index in [-0.39, 0.29) is 16.2 Å². The molecule has 86 valence electrons. The topological polar surface area (TPSA) is 40.9 Å². The maximum atomic E-state index is 13.5. The molecule has 0 fully saturated rings. The van der Waals surface area contributed by atoms with Crippen LogP contribution in [0.4, 0.5) is 4.39 Å². The van der Waals surface area contributed by atoms with Gasteiger partial charge in [0, 0.05) is 19.1 Å². The molecule has 0 saturated carbocycles. The van der Waals surface area contributed by atoms with Crippen LogP contribution >= 0.6 is 11.8 Å². The van der Waals surface area contributed by atoms with Crippen LogP contribution in [-0.2, 0) is 4.79 Å². The molecule has 0 aromatic heterocycles. The summed E-state index contributed by atoms with van der Waals surface area (Å²) < 4.78 is 13.5. The van der Waals surface area contributed by atoms with Gasteiger partial charge in [0.1, 0.15) is 6.07 Å². The molecular formula is C13H10FNOS. The molecule has 0 heterocycles. The van der Waals surface area contributed by atoms with E-state index in [1.165, 1.54) is 30.8 Å². The minimum atomic E-state index is -0.582. The highest BCUT2D eigenvalue weighted by atomic mass is 32.2. The van der Waals surface area contributed by atoms with E-state index in [0.717, 1.165) is 0 Å². The first kappa shape index (κ1) is 13.3. The number of carbonyl (C=O) groups is 1. The first-order valence-electron chi connectivity index (χ1n) is 4.96. The van der Waals surface area contributed by atoms with Crippen molar-refractivity contribution in [2.24, 2.45) is 0 Å². The van der Waals surface area contributed by atoms with Crippen molar-refractivity contribution in [1.82, 2.24) is 0 Å². The molecule has 0 spiro atoms. The summed E-state index contributed by atoms with van der Waals surface area (Å²) in [7, 11) is 0. The Kier molecular flexibility index (Phi) is 5.26. The summed E-state index contributed by atoms with van der Waals surface area (Å²) in [6, 6.07) is 6.29. The van der Waals surface area contributed by atoms with Gasteiger partial charge in [0.2, 0.25) is 0 Å². The van der Waals surface area contributed by atoms with Gasteiger partial charge in [-0.1, -0.05) is 29.7 Å². The first-order valence-corrected chi connectivity index (χ1v) is 5.94. The second-order valence-electron chi connectivity index (χ2n) is 3.17. The van der Waals surface area contributed by atoms with Crippen molar-refractivity contribution in [3.05, 3.63) is 35.1 Å². The molecule has 0 bridgehead atoms. The highest BCUT2D eigenvalue weighted by Crippen LogP contribution is 2.10. The van der Waals surface area contributed by atoms with Gasteiger partial charge in [-0.25, -0.2) is 4.39 Å². The number of benzene rings is 1. The van der Waals surface area contributed by atoms with E-state index in [4.69, 9.17) is 5.26 Å². The summed E-state index contributed by atoms with van der Waals surface area (Å²) in [5.41, 5.74) is 0.215. The van der Waals surface area contributed by atoms with Gasteiger partial charge >= 0.3 is 0 Å². The predicted octanol–water partition coefficient (Wildman–Crippen LogP) is 2.72.